The predicted molar refractivity (Wildman–Crippen MR) is 131 cm³/mol. The van der Waals surface area contributed by atoms with Crippen LogP contribution < -0.4 is 10.1 Å². The number of carbonyl (C=O) groups excluding carboxylic acids is 1. The molecule has 2 aromatic carbocycles. The molecule has 1 atom stereocenters. The van der Waals surface area contributed by atoms with Gasteiger partial charge in [-0.3, -0.25) is 9.48 Å². The summed E-state index contributed by atoms with van der Waals surface area (Å²) in [4.78, 5) is 15.7. The van der Waals surface area contributed by atoms with Gasteiger partial charge in [-0.1, -0.05) is 57.2 Å². The van der Waals surface area contributed by atoms with Gasteiger partial charge in [-0.15, -0.1) is 0 Å². The van der Waals surface area contributed by atoms with Crippen molar-refractivity contribution in [2.75, 3.05) is 11.9 Å². The Hall–Kier alpha value is -3.28. The van der Waals surface area contributed by atoms with Crippen molar-refractivity contribution in [2.24, 2.45) is 5.92 Å². The monoisotopic (exact) mass is 446 g/mol. The van der Waals surface area contributed by atoms with E-state index in [1.165, 1.54) is 0 Å². The van der Waals surface area contributed by atoms with Gasteiger partial charge in [0.2, 0.25) is 0 Å². The molecule has 0 radical (unpaired) electrons. The van der Waals surface area contributed by atoms with Gasteiger partial charge in [0, 0.05) is 37.1 Å². The van der Waals surface area contributed by atoms with Gasteiger partial charge in [0.05, 0.1) is 6.04 Å². The summed E-state index contributed by atoms with van der Waals surface area (Å²) in [6.45, 7) is 8.89. The fourth-order valence-electron chi connectivity index (χ4n) is 4.35. The third-order valence-electron chi connectivity index (χ3n) is 5.99. The number of nitrogens with zero attached hydrogens (tertiary/aromatic N) is 3. The zero-order valence-corrected chi connectivity index (χ0v) is 19.8. The van der Waals surface area contributed by atoms with E-state index in [1.807, 2.05) is 52.2 Å². The first-order valence-electron chi connectivity index (χ1n) is 11.9. The fourth-order valence-corrected chi connectivity index (χ4v) is 4.35. The number of amides is 1. The number of aromatic nitrogens is 2. The summed E-state index contributed by atoms with van der Waals surface area (Å²) in [7, 11) is 0. The molecule has 0 fully saturated rings. The highest BCUT2D eigenvalue weighted by molar-refractivity contribution is 5.92. The second-order valence-electron chi connectivity index (χ2n) is 9.11. The van der Waals surface area contributed by atoms with E-state index < -0.39 is 0 Å². The number of anilines is 1. The van der Waals surface area contributed by atoms with E-state index in [4.69, 9.17) is 4.74 Å². The topological polar surface area (TPSA) is 59.4 Å². The molecular formula is C27H34N4O2. The minimum atomic E-state index is -0.0759. The lowest BCUT2D eigenvalue weighted by Crippen LogP contribution is -2.44. The summed E-state index contributed by atoms with van der Waals surface area (Å²) in [5.41, 5.74) is 3.71. The highest BCUT2D eigenvalue weighted by Crippen LogP contribution is 2.27. The van der Waals surface area contributed by atoms with Gasteiger partial charge in [0.15, 0.2) is 0 Å². The molecule has 1 N–H and O–H groups in total. The van der Waals surface area contributed by atoms with Crippen LogP contribution in [0.2, 0.25) is 0 Å². The van der Waals surface area contributed by atoms with Crippen molar-refractivity contribution in [1.29, 1.82) is 0 Å². The summed E-state index contributed by atoms with van der Waals surface area (Å²) in [5.74, 6) is 1.22. The van der Waals surface area contributed by atoms with Gasteiger partial charge >= 0.3 is 0 Å². The Kier molecular flexibility index (Phi) is 7.33. The molecule has 0 bridgehead atoms. The lowest BCUT2D eigenvalue weighted by molar-refractivity contribution is 0.0551. The number of aryl methyl sites for hydroxylation is 1. The molecule has 4 rings (SSSR count). The summed E-state index contributed by atoms with van der Waals surface area (Å²) in [6.07, 6.45) is 3.71. The number of fused-ring (bicyclic) bond motifs is 2. The summed E-state index contributed by atoms with van der Waals surface area (Å²) in [5, 5.41) is 8.12. The Balaban J connectivity index is 1.74. The number of ether oxygens (including phenoxy) is 1. The zero-order valence-electron chi connectivity index (χ0n) is 19.8. The molecular weight excluding hydrogens is 412 g/mol. The Morgan fingerprint density at radius 2 is 1.88 bits per heavy atom. The lowest BCUT2D eigenvalue weighted by atomic mass is 10.0. The zero-order chi connectivity index (χ0) is 23.2. The van der Waals surface area contributed by atoms with Gasteiger partial charge in [-0.05, 0) is 42.5 Å². The van der Waals surface area contributed by atoms with Crippen LogP contribution in [0.5, 0.6) is 5.75 Å². The van der Waals surface area contributed by atoms with Crippen LogP contribution >= 0.6 is 0 Å². The van der Waals surface area contributed by atoms with Gasteiger partial charge in [0.25, 0.3) is 5.91 Å². The van der Waals surface area contributed by atoms with E-state index in [-0.39, 0.29) is 11.9 Å². The number of benzene rings is 2. The maximum absolute atomic E-state index is 13.8. The lowest BCUT2D eigenvalue weighted by Gasteiger charge is -2.33. The predicted octanol–water partition coefficient (Wildman–Crippen LogP) is 5.35. The van der Waals surface area contributed by atoms with Gasteiger partial charge in [0.1, 0.15) is 18.1 Å². The Morgan fingerprint density at radius 3 is 2.67 bits per heavy atom. The standard InChI is InChI=1S/C27H34N4O2/c1-4-14-30-15-13-25(29-30)27(32)31-18-22-10-5-7-11-24(22)28-17-21-9-6-8-12-26(21)33-19-23(31)16-20(2)3/h5-13,15,20,23,28H,4,14,16-19H2,1-3H3/t23-/m0/s1. The largest absolute Gasteiger partial charge is 0.491 e. The summed E-state index contributed by atoms with van der Waals surface area (Å²) >= 11 is 0. The maximum atomic E-state index is 13.8. The van der Waals surface area contributed by atoms with E-state index in [1.54, 1.807) is 0 Å². The molecule has 0 saturated heterocycles. The molecule has 0 unspecified atom stereocenters. The van der Waals surface area contributed by atoms with E-state index in [0.717, 1.165) is 42.0 Å². The van der Waals surface area contributed by atoms with Crippen LogP contribution in [-0.2, 0) is 19.6 Å². The summed E-state index contributed by atoms with van der Waals surface area (Å²) in [6, 6.07) is 18.1. The van der Waals surface area contributed by atoms with Gasteiger partial charge < -0.3 is 15.0 Å². The normalized spacial score (nSPS) is 16.2. The molecule has 0 saturated carbocycles. The Labute approximate surface area is 196 Å². The number of rotatable bonds is 5. The average molecular weight is 447 g/mol. The van der Waals surface area contributed by atoms with E-state index in [9.17, 15) is 4.79 Å². The van der Waals surface area contributed by atoms with Crippen molar-refractivity contribution in [1.82, 2.24) is 14.7 Å². The molecule has 33 heavy (non-hydrogen) atoms. The van der Waals surface area contributed by atoms with Crippen molar-refractivity contribution in [2.45, 2.75) is 59.3 Å². The first-order chi connectivity index (χ1) is 16.0. The van der Waals surface area contributed by atoms with Crippen molar-refractivity contribution < 1.29 is 9.53 Å². The van der Waals surface area contributed by atoms with Crippen LogP contribution in [0.15, 0.2) is 60.8 Å². The number of para-hydroxylation sites is 2. The van der Waals surface area contributed by atoms with Gasteiger partial charge in [-0.25, -0.2) is 0 Å². The molecule has 1 amide bonds. The fraction of sp³-hybridized carbons (Fsp3) is 0.407. The Bertz CT molecular complexity index is 1080. The van der Waals surface area contributed by atoms with Crippen molar-refractivity contribution >= 4 is 11.6 Å². The molecule has 6 nitrogen and oxygen atoms in total. The smallest absolute Gasteiger partial charge is 0.275 e. The minimum absolute atomic E-state index is 0.0542. The second kappa shape index (κ2) is 10.6. The second-order valence-corrected chi connectivity index (χ2v) is 9.11. The average Bonchev–Trinajstić information content (AvgIpc) is 3.27. The van der Waals surface area contributed by atoms with Crippen LogP contribution in [-0.4, -0.2) is 33.2 Å². The number of hydrogen-bond donors (Lipinski definition) is 1. The van der Waals surface area contributed by atoms with Crippen molar-refractivity contribution in [3.63, 3.8) is 0 Å². The van der Waals surface area contributed by atoms with Crippen molar-refractivity contribution in [3.8, 4) is 5.75 Å². The van der Waals surface area contributed by atoms with E-state index >= 15 is 0 Å². The van der Waals surface area contributed by atoms with E-state index in [2.05, 4.69) is 49.4 Å². The quantitative estimate of drug-likeness (QED) is 0.574. The molecule has 174 valence electrons. The molecule has 0 aliphatic carbocycles. The van der Waals surface area contributed by atoms with Crippen LogP contribution in [0.3, 0.4) is 0 Å². The van der Waals surface area contributed by atoms with Crippen LogP contribution in [0.4, 0.5) is 5.69 Å². The molecule has 3 aromatic rings. The minimum Gasteiger partial charge on any atom is -0.491 e. The molecule has 2 heterocycles. The van der Waals surface area contributed by atoms with Crippen LogP contribution in [0.25, 0.3) is 0 Å². The van der Waals surface area contributed by atoms with Crippen molar-refractivity contribution in [3.05, 3.63) is 77.6 Å². The molecule has 0 spiro atoms. The van der Waals surface area contributed by atoms with Crippen LogP contribution in [0, 0.1) is 5.92 Å². The first kappa shape index (κ1) is 22.9. The highest BCUT2D eigenvalue weighted by Gasteiger charge is 2.29. The first-order valence-corrected chi connectivity index (χ1v) is 11.9. The highest BCUT2D eigenvalue weighted by atomic mass is 16.5. The number of hydrogen-bond acceptors (Lipinski definition) is 4. The molecule has 6 heteroatoms. The summed E-state index contributed by atoms with van der Waals surface area (Å²) < 4.78 is 8.18. The maximum Gasteiger partial charge on any atom is 0.275 e. The Morgan fingerprint density at radius 1 is 1.12 bits per heavy atom. The van der Waals surface area contributed by atoms with E-state index in [0.29, 0.717) is 31.3 Å². The number of nitrogens with one attached hydrogen (secondary N) is 1. The molecule has 1 aliphatic rings. The number of carbonyl (C=O) groups is 1. The molecule has 1 aromatic heterocycles. The SMILES string of the molecule is CCCn1ccc(C(=O)N2Cc3ccccc3NCc3ccccc3OC[C@@H]2CC(C)C)n1. The molecule has 1 aliphatic heterocycles. The third-order valence-corrected chi connectivity index (χ3v) is 5.99. The van der Waals surface area contributed by atoms with Gasteiger partial charge in [-0.2, -0.15) is 5.10 Å². The van der Waals surface area contributed by atoms with Crippen LogP contribution in [0.1, 0.15) is 55.2 Å². The third kappa shape index (κ3) is 5.56.